The SMILES string of the molecule is CN(Cc1cscn1)C1CCC1CNC1CC1. The van der Waals surface area contributed by atoms with Crippen LogP contribution in [0.5, 0.6) is 0 Å². The maximum absolute atomic E-state index is 4.37. The molecule has 17 heavy (non-hydrogen) atoms. The van der Waals surface area contributed by atoms with Crippen LogP contribution in [0.15, 0.2) is 10.9 Å². The van der Waals surface area contributed by atoms with E-state index >= 15 is 0 Å². The summed E-state index contributed by atoms with van der Waals surface area (Å²) < 4.78 is 0. The van der Waals surface area contributed by atoms with Crippen LogP contribution in [0.25, 0.3) is 0 Å². The first kappa shape index (κ1) is 11.6. The van der Waals surface area contributed by atoms with Gasteiger partial charge in [0.25, 0.3) is 0 Å². The minimum absolute atomic E-state index is 0.767. The van der Waals surface area contributed by atoms with Crippen molar-refractivity contribution in [3.05, 3.63) is 16.6 Å². The summed E-state index contributed by atoms with van der Waals surface area (Å²) in [6, 6.07) is 1.61. The van der Waals surface area contributed by atoms with Gasteiger partial charge in [0.2, 0.25) is 0 Å². The highest BCUT2D eigenvalue weighted by Gasteiger charge is 2.34. The Hall–Kier alpha value is -0.450. The first-order chi connectivity index (χ1) is 8.33. The van der Waals surface area contributed by atoms with Gasteiger partial charge < -0.3 is 5.32 Å². The zero-order valence-electron chi connectivity index (χ0n) is 10.4. The van der Waals surface area contributed by atoms with Crippen molar-refractivity contribution in [2.45, 2.75) is 44.3 Å². The van der Waals surface area contributed by atoms with Crippen molar-refractivity contribution in [2.24, 2.45) is 5.92 Å². The molecule has 0 aromatic carbocycles. The molecular weight excluding hydrogens is 230 g/mol. The summed E-state index contributed by atoms with van der Waals surface area (Å²) in [4.78, 5) is 6.85. The first-order valence-electron chi connectivity index (χ1n) is 6.63. The molecule has 2 unspecified atom stereocenters. The van der Waals surface area contributed by atoms with Crippen molar-refractivity contribution >= 4 is 11.3 Å². The van der Waals surface area contributed by atoms with Crippen LogP contribution >= 0.6 is 11.3 Å². The lowest BCUT2D eigenvalue weighted by Crippen LogP contribution is -2.48. The van der Waals surface area contributed by atoms with Gasteiger partial charge >= 0.3 is 0 Å². The first-order valence-corrected chi connectivity index (χ1v) is 7.58. The van der Waals surface area contributed by atoms with Crippen LogP contribution in [0.3, 0.4) is 0 Å². The van der Waals surface area contributed by atoms with Gasteiger partial charge in [0.15, 0.2) is 0 Å². The summed E-state index contributed by atoms with van der Waals surface area (Å²) in [5.41, 5.74) is 3.15. The molecule has 2 fully saturated rings. The number of thiazole rings is 1. The molecule has 0 radical (unpaired) electrons. The number of aromatic nitrogens is 1. The summed E-state index contributed by atoms with van der Waals surface area (Å²) in [6.07, 6.45) is 5.54. The van der Waals surface area contributed by atoms with E-state index in [1.807, 2.05) is 5.51 Å². The van der Waals surface area contributed by atoms with E-state index in [1.165, 1.54) is 37.9 Å². The molecule has 3 rings (SSSR count). The van der Waals surface area contributed by atoms with Gasteiger partial charge in [-0.15, -0.1) is 11.3 Å². The van der Waals surface area contributed by atoms with Crippen molar-refractivity contribution in [1.29, 1.82) is 0 Å². The average molecular weight is 251 g/mol. The van der Waals surface area contributed by atoms with Crippen LogP contribution in [-0.2, 0) is 6.54 Å². The van der Waals surface area contributed by atoms with E-state index in [4.69, 9.17) is 0 Å². The molecule has 2 saturated carbocycles. The van der Waals surface area contributed by atoms with E-state index in [2.05, 4.69) is 27.6 Å². The molecule has 2 aliphatic rings. The molecule has 0 amide bonds. The van der Waals surface area contributed by atoms with E-state index < -0.39 is 0 Å². The third-order valence-corrected chi connectivity index (χ3v) is 4.72. The maximum atomic E-state index is 4.37. The fraction of sp³-hybridized carbons (Fsp3) is 0.769. The molecule has 1 heterocycles. The highest BCUT2D eigenvalue weighted by Crippen LogP contribution is 2.32. The average Bonchev–Trinajstić information content (AvgIpc) is 2.94. The van der Waals surface area contributed by atoms with E-state index in [0.29, 0.717) is 0 Å². The fourth-order valence-electron chi connectivity index (χ4n) is 2.66. The highest BCUT2D eigenvalue weighted by molar-refractivity contribution is 7.07. The van der Waals surface area contributed by atoms with Crippen molar-refractivity contribution in [3.63, 3.8) is 0 Å². The molecule has 1 N–H and O–H groups in total. The van der Waals surface area contributed by atoms with Crippen LogP contribution in [0.2, 0.25) is 0 Å². The Labute approximate surface area is 107 Å². The van der Waals surface area contributed by atoms with Gasteiger partial charge in [-0.05, 0) is 45.2 Å². The Morgan fingerprint density at radius 2 is 2.29 bits per heavy atom. The predicted octanol–water partition coefficient (Wildman–Crippen LogP) is 2.11. The summed E-state index contributed by atoms with van der Waals surface area (Å²) in [7, 11) is 2.24. The summed E-state index contributed by atoms with van der Waals surface area (Å²) in [6.45, 7) is 2.23. The highest BCUT2D eigenvalue weighted by atomic mass is 32.1. The van der Waals surface area contributed by atoms with E-state index in [-0.39, 0.29) is 0 Å². The minimum atomic E-state index is 0.767. The van der Waals surface area contributed by atoms with Crippen molar-refractivity contribution < 1.29 is 0 Å². The number of hydrogen-bond donors (Lipinski definition) is 1. The smallest absolute Gasteiger partial charge is 0.0795 e. The van der Waals surface area contributed by atoms with Gasteiger partial charge in [-0.3, -0.25) is 4.90 Å². The summed E-state index contributed by atoms with van der Waals surface area (Å²) >= 11 is 1.69. The molecule has 0 bridgehead atoms. The molecule has 4 heteroatoms. The largest absolute Gasteiger partial charge is 0.314 e. The van der Waals surface area contributed by atoms with Gasteiger partial charge in [-0.2, -0.15) is 0 Å². The van der Waals surface area contributed by atoms with Gasteiger partial charge in [-0.25, -0.2) is 4.98 Å². The predicted molar refractivity (Wildman–Crippen MR) is 71.1 cm³/mol. The molecule has 1 aromatic heterocycles. The quantitative estimate of drug-likeness (QED) is 0.839. The fourth-order valence-corrected chi connectivity index (χ4v) is 3.21. The molecule has 3 nitrogen and oxygen atoms in total. The maximum Gasteiger partial charge on any atom is 0.0795 e. The number of hydrogen-bond acceptors (Lipinski definition) is 4. The Bertz CT molecular complexity index is 348. The molecule has 0 aliphatic heterocycles. The van der Waals surface area contributed by atoms with Crippen molar-refractivity contribution in [1.82, 2.24) is 15.2 Å². The monoisotopic (exact) mass is 251 g/mol. The van der Waals surface area contributed by atoms with Crippen LogP contribution < -0.4 is 5.32 Å². The van der Waals surface area contributed by atoms with Gasteiger partial charge in [0.1, 0.15) is 0 Å². The van der Waals surface area contributed by atoms with Crippen LogP contribution in [0.4, 0.5) is 0 Å². The molecular formula is C13H21N3S. The van der Waals surface area contributed by atoms with Crippen LogP contribution in [0.1, 0.15) is 31.4 Å². The molecule has 0 saturated heterocycles. The molecule has 1 aromatic rings. The molecule has 94 valence electrons. The number of nitrogens with zero attached hydrogens (tertiary/aromatic N) is 2. The standard InChI is InChI=1S/C13H21N3S/c1-16(7-12-8-17-9-15-12)13-5-2-10(13)6-14-11-3-4-11/h8-11,13-14H,2-7H2,1H3. The van der Waals surface area contributed by atoms with Crippen molar-refractivity contribution in [3.8, 4) is 0 Å². The lowest BCUT2D eigenvalue weighted by Gasteiger charge is -2.42. The third-order valence-electron chi connectivity index (χ3n) is 4.08. The van der Waals surface area contributed by atoms with Crippen LogP contribution in [0, 0.1) is 5.92 Å². The lowest BCUT2D eigenvalue weighted by molar-refractivity contribution is 0.0770. The molecule has 2 aliphatic carbocycles. The number of nitrogens with one attached hydrogen (secondary N) is 1. The third kappa shape index (κ3) is 2.87. The Morgan fingerprint density at radius 3 is 2.88 bits per heavy atom. The zero-order valence-corrected chi connectivity index (χ0v) is 11.2. The number of rotatable bonds is 6. The van der Waals surface area contributed by atoms with Gasteiger partial charge in [0.05, 0.1) is 11.2 Å². The second-order valence-electron chi connectivity index (χ2n) is 5.48. The summed E-state index contributed by atoms with van der Waals surface area (Å²) in [5, 5.41) is 5.82. The Balaban J connectivity index is 1.46. The summed E-state index contributed by atoms with van der Waals surface area (Å²) in [5.74, 6) is 0.860. The van der Waals surface area contributed by atoms with E-state index in [1.54, 1.807) is 11.3 Å². The van der Waals surface area contributed by atoms with Gasteiger partial charge in [0, 0.05) is 24.0 Å². The Morgan fingerprint density at radius 1 is 1.41 bits per heavy atom. The minimum Gasteiger partial charge on any atom is -0.314 e. The Kier molecular flexibility index (Phi) is 3.45. The van der Waals surface area contributed by atoms with Gasteiger partial charge in [-0.1, -0.05) is 0 Å². The molecule has 2 atom stereocenters. The second kappa shape index (κ2) is 5.04. The second-order valence-corrected chi connectivity index (χ2v) is 6.20. The topological polar surface area (TPSA) is 28.2 Å². The van der Waals surface area contributed by atoms with E-state index in [0.717, 1.165) is 24.5 Å². The molecule has 0 spiro atoms. The zero-order chi connectivity index (χ0) is 11.7. The van der Waals surface area contributed by atoms with E-state index in [9.17, 15) is 0 Å². The van der Waals surface area contributed by atoms with Crippen molar-refractivity contribution in [2.75, 3.05) is 13.6 Å². The lowest BCUT2D eigenvalue weighted by atomic mass is 9.78. The van der Waals surface area contributed by atoms with Crippen LogP contribution in [-0.4, -0.2) is 35.6 Å². The normalized spacial score (nSPS) is 28.4.